The molecule has 1 aliphatic heterocycles. The van der Waals surface area contributed by atoms with Crippen molar-refractivity contribution in [2.24, 2.45) is 5.92 Å². The molecular formula is C15H20ClNO. The highest BCUT2D eigenvalue weighted by atomic mass is 35.5. The van der Waals surface area contributed by atoms with E-state index in [2.05, 4.69) is 23.5 Å². The monoisotopic (exact) mass is 265 g/mol. The molecule has 0 atom stereocenters. The van der Waals surface area contributed by atoms with Crippen molar-refractivity contribution in [3.63, 3.8) is 0 Å². The standard InChI is InChI=1S/C15H20ClNO/c16-14-8-12(9-14)10-17-5-3-11-1-2-15-13(7-11)4-6-18-15/h1-2,7,12,14,17H,3-6,8-10H2. The summed E-state index contributed by atoms with van der Waals surface area (Å²) in [6.45, 7) is 3.03. The summed E-state index contributed by atoms with van der Waals surface area (Å²) < 4.78 is 5.51. The van der Waals surface area contributed by atoms with Gasteiger partial charge in [0.25, 0.3) is 0 Å². The number of hydrogen-bond acceptors (Lipinski definition) is 2. The van der Waals surface area contributed by atoms with Crippen LogP contribution < -0.4 is 10.1 Å². The maximum absolute atomic E-state index is 5.97. The lowest BCUT2D eigenvalue weighted by atomic mass is 9.85. The van der Waals surface area contributed by atoms with E-state index in [1.165, 1.54) is 24.0 Å². The molecule has 2 aliphatic rings. The van der Waals surface area contributed by atoms with Crippen molar-refractivity contribution >= 4 is 11.6 Å². The lowest BCUT2D eigenvalue weighted by molar-refractivity contribution is 0.310. The van der Waals surface area contributed by atoms with E-state index in [4.69, 9.17) is 16.3 Å². The van der Waals surface area contributed by atoms with E-state index in [0.717, 1.165) is 44.2 Å². The van der Waals surface area contributed by atoms with Crippen molar-refractivity contribution in [1.82, 2.24) is 5.32 Å². The number of fused-ring (bicyclic) bond motifs is 1. The summed E-state index contributed by atoms with van der Waals surface area (Å²) in [7, 11) is 0. The zero-order valence-corrected chi connectivity index (χ0v) is 11.4. The van der Waals surface area contributed by atoms with Crippen LogP contribution >= 0.6 is 11.6 Å². The Labute approximate surface area is 114 Å². The van der Waals surface area contributed by atoms with Gasteiger partial charge in [-0.1, -0.05) is 12.1 Å². The smallest absolute Gasteiger partial charge is 0.122 e. The summed E-state index contributed by atoms with van der Waals surface area (Å²) in [6, 6.07) is 6.59. The fraction of sp³-hybridized carbons (Fsp3) is 0.600. The van der Waals surface area contributed by atoms with Crippen LogP contribution in [0.4, 0.5) is 0 Å². The first kappa shape index (κ1) is 12.3. The molecule has 1 aliphatic carbocycles. The van der Waals surface area contributed by atoms with E-state index >= 15 is 0 Å². The molecular weight excluding hydrogens is 246 g/mol. The molecule has 98 valence electrons. The first-order chi connectivity index (χ1) is 8.81. The third kappa shape index (κ3) is 2.81. The van der Waals surface area contributed by atoms with Gasteiger partial charge in [0.15, 0.2) is 0 Å². The lowest BCUT2D eigenvalue weighted by Crippen LogP contribution is -2.34. The summed E-state index contributed by atoms with van der Waals surface area (Å²) in [6.07, 6.45) is 4.54. The van der Waals surface area contributed by atoms with Gasteiger partial charge < -0.3 is 10.1 Å². The van der Waals surface area contributed by atoms with Gasteiger partial charge in [0, 0.05) is 11.8 Å². The van der Waals surface area contributed by atoms with Crippen molar-refractivity contribution in [3.8, 4) is 5.75 Å². The van der Waals surface area contributed by atoms with E-state index in [1.807, 2.05) is 0 Å². The van der Waals surface area contributed by atoms with Gasteiger partial charge in [0.1, 0.15) is 5.75 Å². The fourth-order valence-electron chi connectivity index (χ4n) is 2.76. The molecule has 1 fully saturated rings. The Kier molecular flexibility index (Phi) is 3.76. The molecule has 0 radical (unpaired) electrons. The minimum Gasteiger partial charge on any atom is -0.493 e. The summed E-state index contributed by atoms with van der Waals surface area (Å²) in [5, 5.41) is 3.97. The highest BCUT2D eigenvalue weighted by molar-refractivity contribution is 6.21. The predicted octanol–water partition coefficient (Wildman–Crippen LogP) is 2.77. The first-order valence-corrected chi connectivity index (χ1v) is 7.34. The Morgan fingerprint density at radius 1 is 1.33 bits per heavy atom. The van der Waals surface area contributed by atoms with E-state index in [-0.39, 0.29) is 0 Å². The second-order valence-electron chi connectivity index (χ2n) is 5.43. The molecule has 1 heterocycles. The normalized spacial score (nSPS) is 25.4. The molecule has 0 bridgehead atoms. The molecule has 3 rings (SSSR count). The molecule has 0 unspecified atom stereocenters. The Balaban J connectivity index is 1.40. The molecule has 1 aromatic rings. The number of halogens is 1. The highest BCUT2D eigenvalue weighted by Crippen LogP contribution is 2.31. The van der Waals surface area contributed by atoms with Crippen LogP contribution in [-0.4, -0.2) is 25.1 Å². The minimum atomic E-state index is 0.438. The van der Waals surface area contributed by atoms with E-state index < -0.39 is 0 Å². The first-order valence-electron chi connectivity index (χ1n) is 6.90. The van der Waals surface area contributed by atoms with Crippen LogP contribution in [0, 0.1) is 5.92 Å². The number of nitrogens with one attached hydrogen (secondary N) is 1. The van der Waals surface area contributed by atoms with Gasteiger partial charge >= 0.3 is 0 Å². The molecule has 3 heteroatoms. The van der Waals surface area contributed by atoms with Gasteiger partial charge in [0.05, 0.1) is 6.61 Å². The SMILES string of the molecule is ClC1CC(CNCCc2ccc3c(c2)CCO3)C1. The zero-order valence-electron chi connectivity index (χ0n) is 10.6. The maximum Gasteiger partial charge on any atom is 0.122 e. The van der Waals surface area contributed by atoms with Crippen LogP contribution in [0.25, 0.3) is 0 Å². The number of ether oxygens (including phenoxy) is 1. The van der Waals surface area contributed by atoms with Gasteiger partial charge in [0.2, 0.25) is 0 Å². The Morgan fingerprint density at radius 2 is 2.22 bits per heavy atom. The molecule has 0 aromatic heterocycles. The largest absolute Gasteiger partial charge is 0.493 e. The van der Waals surface area contributed by atoms with Crippen molar-refractivity contribution in [2.45, 2.75) is 31.1 Å². The zero-order chi connectivity index (χ0) is 12.4. The Hall–Kier alpha value is -0.730. The van der Waals surface area contributed by atoms with Crippen LogP contribution in [0.15, 0.2) is 18.2 Å². The summed E-state index contributed by atoms with van der Waals surface area (Å²) >= 11 is 5.97. The van der Waals surface area contributed by atoms with E-state index in [9.17, 15) is 0 Å². The molecule has 2 nitrogen and oxygen atoms in total. The minimum absolute atomic E-state index is 0.438. The average Bonchev–Trinajstić information content (AvgIpc) is 2.79. The number of benzene rings is 1. The Morgan fingerprint density at radius 3 is 3.06 bits per heavy atom. The Bertz CT molecular complexity index is 415. The van der Waals surface area contributed by atoms with Crippen LogP contribution in [0.5, 0.6) is 5.75 Å². The highest BCUT2D eigenvalue weighted by Gasteiger charge is 2.26. The molecule has 18 heavy (non-hydrogen) atoms. The van der Waals surface area contributed by atoms with Gasteiger partial charge in [-0.15, -0.1) is 11.6 Å². The van der Waals surface area contributed by atoms with Crippen LogP contribution in [0.3, 0.4) is 0 Å². The van der Waals surface area contributed by atoms with Crippen LogP contribution in [0.2, 0.25) is 0 Å². The molecule has 0 amide bonds. The summed E-state index contributed by atoms with van der Waals surface area (Å²) in [5.74, 6) is 1.88. The summed E-state index contributed by atoms with van der Waals surface area (Å²) in [4.78, 5) is 0. The number of hydrogen-bond donors (Lipinski definition) is 1. The van der Waals surface area contributed by atoms with Gasteiger partial charge in [-0.3, -0.25) is 0 Å². The number of alkyl halides is 1. The molecule has 0 saturated heterocycles. The van der Waals surface area contributed by atoms with E-state index in [1.54, 1.807) is 0 Å². The summed E-state index contributed by atoms with van der Waals surface area (Å²) in [5.41, 5.74) is 2.78. The molecule has 0 spiro atoms. The average molecular weight is 266 g/mol. The van der Waals surface area contributed by atoms with Crippen molar-refractivity contribution < 1.29 is 4.74 Å². The third-order valence-electron chi connectivity index (χ3n) is 3.96. The van der Waals surface area contributed by atoms with E-state index in [0.29, 0.717) is 5.38 Å². The van der Waals surface area contributed by atoms with Crippen molar-refractivity contribution in [1.29, 1.82) is 0 Å². The topological polar surface area (TPSA) is 21.3 Å². The van der Waals surface area contributed by atoms with Gasteiger partial charge in [-0.05, 0) is 55.5 Å². The lowest BCUT2D eigenvalue weighted by Gasteiger charge is -2.30. The van der Waals surface area contributed by atoms with Gasteiger partial charge in [-0.25, -0.2) is 0 Å². The quantitative estimate of drug-likeness (QED) is 0.653. The molecule has 1 N–H and O–H groups in total. The molecule has 1 aromatic carbocycles. The second-order valence-corrected chi connectivity index (χ2v) is 6.05. The molecule has 1 saturated carbocycles. The number of rotatable bonds is 5. The second kappa shape index (κ2) is 5.50. The fourth-order valence-corrected chi connectivity index (χ4v) is 3.26. The van der Waals surface area contributed by atoms with Gasteiger partial charge in [-0.2, -0.15) is 0 Å². The third-order valence-corrected chi connectivity index (χ3v) is 4.31. The van der Waals surface area contributed by atoms with Crippen LogP contribution in [-0.2, 0) is 12.8 Å². The van der Waals surface area contributed by atoms with Crippen LogP contribution in [0.1, 0.15) is 24.0 Å². The predicted molar refractivity (Wildman–Crippen MR) is 74.6 cm³/mol. The van der Waals surface area contributed by atoms with Crippen molar-refractivity contribution in [2.75, 3.05) is 19.7 Å². The van der Waals surface area contributed by atoms with Crippen molar-refractivity contribution in [3.05, 3.63) is 29.3 Å². The maximum atomic E-state index is 5.97.